The third kappa shape index (κ3) is 11.0. The van der Waals surface area contributed by atoms with Crippen molar-refractivity contribution < 1.29 is 14.2 Å². The second-order valence-electron chi connectivity index (χ2n) is 9.51. The molecule has 0 aliphatic carbocycles. The van der Waals surface area contributed by atoms with Crippen LogP contribution in [0.4, 0.5) is 0 Å². The first-order chi connectivity index (χ1) is 12.6. The van der Waals surface area contributed by atoms with Crippen LogP contribution in [-0.4, -0.2) is 34.4 Å². The zero-order chi connectivity index (χ0) is 20.3. The smallest absolute Gasteiger partial charge is 0.147 e. The van der Waals surface area contributed by atoms with E-state index in [-0.39, 0.29) is 5.60 Å². The van der Waals surface area contributed by atoms with Crippen LogP contribution in [-0.2, 0) is 20.8 Å². The molecule has 0 heterocycles. The van der Waals surface area contributed by atoms with E-state index in [9.17, 15) is 0 Å². The Morgan fingerprint density at radius 1 is 1.00 bits per heavy atom. The van der Waals surface area contributed by atoms with Crippen molar-refractivity contribution in [1.82, 2.24) is 0 Å². The lowest BCUT2D eigenvalue weighted by Gasteiger charge is -2.34. The van der Waals surface area contributed by atoms with Crippen LogP contribution in [0.1, 0.15) is 59.4 Å². The third-order valence-corrected chi connectivity index (χ3v) is 8.85. The van der Waals surface area contributed by atoms with Gasteiger partial charge in [0.25, 0.3) is 0 Å². The second kappa shape index (κ2) is 12.0. The molecule has 0 aliphatic rings. The van der Waals surface area contributed by atoms with E-state index in [0.717, 1.165) is 26.1 Å². The molecule has 156 valence electrons. The zero-order valence-corrected chi connectivity index (χ0v) is 19.9. The Morgan fingerprint density at radius 3 is 2.30 bits per heavy atom. The molecule has 3 nitrogen and oxygen atoms in total. The van der Waals surface area contributed by atoms with Crippen LogP contribution in [0.15, 0.2) is 30.3 Å². The number of hydrogen-bond donors (Lipinski definition) is 0. The summed E-state index contributed by atoms with van der Waals surface area (Å²) in [5.74, 6) is 0.542. The zero-order valence-electron chi connectivity index (χ0n) is 18.7. The molecule has 0 N–H and O–H groups in total. The topological polar surface area (TPSA) is 27.7 Å². The van der Waals surface area contributed by atoms with Gasteiger partial charge in [0.05, 0.1) is 18.8 Å². The molecule has 0 saturated carbocycles. The summed E-state index contributed by atoms with van der Waals surface area (Å²) in [6.45, 7) is 18.8. The Hall–Kier alpha value is -0.683. The lowest BCUT2D eigenvalue weighted by molar-refractivity contribution is -0.0719. The van der Waals surface area contributed by atoms with Gasteiger partial charge in [0, 0.05) is 15.4 Å². The predicted octanol–water partition coefficient (Wildman–Crippen LogP) is 6.05. The van der Waals surface area contributed by atoms with E-state index >= 15 is 0 Å². The molecule has 0 amide bonds. The van der Waals surface area contributed by atoms with Gasteiger partial charge in [-0.1, -0.05) is 70.6 Å². The largest absolute Gasteiger partial charge is 0.375 e. The van der Waals surface area contributed by atoms with Crippen molar-refractivity contribution in [1.29, 1.82) is 0 Å². The highest BCUT2D eigenvalue weighted by molar-refractivity contribution is 6.59. The van der Waals surface area contributed by atoms with Crippen LogP contribution in [0, 0.1) is 5.92 Å². The molecule has 0 aliphatic heterocycles. The fourth-order valence-electron chi connectivity index (χ4n) is 2.62. The van der Waals surface area contributed by atoms with E-state index in [0.29, 0.717) is 24.4 Å². The highest BCUT2D eigenvalue weighted by Gasteiger charge is 2.27. The van der Waals surface area contributed by atoms with Crippen molar-refractivity contribution in [2.75, 3.05) is 20.0 Å². The molecule has 0 spiro atoms. The summed E-state index contributed by atoms with van der Waals surface area (Å²) in [6.07, 6.45) is 3.42. The predicted molar refractivity (Wildman–Crippen MR) is 118 cm³/mol. The van der Waals surface area contributed by atoms with E-state index in [2.05, 4.69) is 59.8 Å². The molecule has 0 aromatic heterocycles. The lowest BCUT2D eigenvalue weighted by atomic mass is 9.97. The van der Waals surface area contributed by atoms with Gasteiger partial charge in [-0.05, 0) is 43.2 Å². The van der Waals surface area contributed by atoms with Crippen LogP contribution in [0.25, 0.3) is 0 Å². The molecule has 1 aromatic carbocycles. The van der Waals surface area contributed by atoms with Crippen LogP contribution < -0.4 is 0 Å². The average molecular weight is 395 g/mol. The first kappa shape index (κ1) is 24.4. The van der Waals surface area contributed by atoms with E-state index in [1.807, 2.05) is 18.2 Å². The molecule has 0 unspecified atom stereocenters. The molecule has 0 fully saturated rings. The van der Waals surface area contributed by atoms with Gasteiger partial charge in [0.1, 0.15) is 6.79 Å². The van der Waals surface area contributed by atoms with Crippen molar-refractivity contribution in [2.45, 2.75) is 84.2 Å². The van der Waals surface area contributed by atoms with Crippen LogP contribution in [0.3, 0.4) is 0 Å². The van der Waals surface area contributed by atoms with Crippen LogP contribution >= 0.6 is 0 Å². The molecule has 1 aromatic rings. The number of rotatable bonds is 14. The highest BCUT2D eigenvalue weighted by atomic mass is 28.3. The Labute approximate surface area is 169 Å². The minimum absolute atomic E-state index is 0.0417. The quantitative estimate of drug-likeness (QED) is 0.218. The van der Waals surface area contributed by atoms with Crippen molar-refractivity contribution in [2.24, 2.45) is 5.92 Å². The maximum absolute atomic E-state index is 6.28. The van der Waals surface area contributed by atoms with Gasteiger partial charge in [-0.3, -0.25) is 0 Å². The normalized spacial score (nSPS) is 13.9. The first-order valence-electron chi connectivity index (χ1n) is 10.5. The number of hydrogen-bond acceptors (Lipinski definition) is 3. The lowest BCUT2D eigenvalue weighted by Crippen LogP contribution is -2.33. The summed E-state index contributed by atoms with van der Waals surface area (Å²) in [5, 5.41) is 0.359. The van der Waals surface area contributed by atoms with Crippen LogP contribution in [0.5, 0.6) is 0 Å². The minimum Gasteiger partial charge on any atom is -0.375 e. The molecular weight excluding hydrogens is 352 g/mol. The molecule has 1 atom stereocenters. The summed E-state index contributed by atoms with van der Waals surface area (Å²) in [6, 6.07) is 10.2. The Bertz CT molecular complexity index is 500. The summed E-state index contributed by atoms with van der Waals surface area (Å²) >= 11 is 0. The summed E-state index contributed by atoms with van der Waals surface area (Å²) < 4.78 is 17.5. The SMILES string of the molecule is C[C@@H](CCCC(C)(C)OCC(C)(C)[SiH](C)C)COCOCc1ccccc1. The van der Waals surface area contributed by atoms with Gasteiger partial charge in [-0.15, -0.1) is 0 Å². The molecule has 0 radical (unpaired) electrons. The molecule has 1 rings (SSSR count). The number of benzene rings is 1. The van der Waals surface area contributed by atoms with Gasteiger partial charge in [0.2, 0.25) is 0 Å². The van der Waals surface area contributed by atoms with Gasteiger partial charge in [0.15, 0.2) is 0 Å². The Kier molecular flexibility index (Phi) is 10.8. The van der Waals surface area contributed by atoms with E-state index in [1.165, 1.54) is 12.0 Å². The van der Waals surface area contributed by atoms with E-state index in [4.69, 9.17) is 14.2 Å². The maximum atomic E-state index is 6.28. The highest BCUT2D eigenvalue weighted by Crippen LogP contribution is 2.31. The minimum atomic E-state index is -0.706. The summed E-state index contributed by atoms with van der Waals surface area (Å²) in [5.41, 5.74) is 1.14. The first-order valence-corrected chi connectivity index (χ1v) is 13.3. The molecule has 27 heavy (non-hydrogen) atoms. The van der Waals surface area contributed by atoms with Crippen molar-refractivity contribution >= 4 is 8.80 Å². The maximum Gasteiger partial charge on any atom is 0.147 e. The fraction of sp³-hybridized carbons (Fsp3) is 0.739. The molecule has 4 heteroatoms. The summed E-state index contributed by atoms with van der Waals surface area (Å²) in [4.78, 5) is 0. The standard InChI is InChI=1S/C23H42O3Si/c1-20(16-24-19-25-17-21-13-9-8-10-14-21)12-11-15-22(2,3)26-18-23(4,5)27(6)7/h8-10,13-14,20,27H,11-12,15-19H2,1-7H3/t20-/m0/s1. The molecular formula is C23H42O3Si. The van der Waals surface area contributed by atoms with Gasteiger partial charge < -0.3 is 14.2 Å². The molecule has 0 bridgehead atoms. The van der Waals surface area contributed by atoms with Gasteiger partial charge in [-0.25, -0.2) is 0 Å². The van der Waals surface area contributed by atoms with Gasteiger partial charge >= 0.3 is 0 Å². The average Bonchev–Trinajstić information content (AvgIpc) is 2.60. The monoisotopic (exact) mass is 394 g/mol. The Morgan fingerprint density at radius 2 is 1.67 bits per heavy atom. The summed E-state index contributed by atoms with van der Waals surface area (Å²) in [7, 11) is -0.706. The van der Waals surface area contributed by atoms with Crippen molar-refractivity contribution in [3.8, 4) is 0 Å². The fourth-order valence-corrected chi connectivity index (χ4v) is 3.04. The van der Waals surface area contributed by atoms with Crippen LogP contribution in [0.2, 0.25) is 18.1 Å². The third-order valence-electron chi connectivity index (χ3n) is 5.55. The second-order valence-corrected chi connectivity index (χ2v) is 13.4. The van der Waals surface area contributed by atoms with Crippen molar-refractivity contribution in [3.63, 3.8) is 0 Å². The molecule has 0 saturated heterocycles. The van der Waals surface area contributed by atoms with E-state index < -0.39 is 8.80 Å². The van der Waals surface area contributed by atoms with Crippen molar-refractivity contribution in [3.05, 3.63) is 35.9 Å². The van der Waals surface area contributed by atoms with E-state index in [1.54, 1.807) is 0 Å². The Balaban J connectivity index is 2.10. The van der Waals surface area contributed by atoms with Gasteiger partial charge in [-0.2, -0.15) is 0 Å². The number of ether oxygens (including phenoxy) is 3.